The summed E-state index contributed by atoms with van der Waals surface area (Å²) in [4.78, 5) is 33.5. The average Bonchev–Trinajstić information content (AvgIpc) is 3.18. The number of carbonyl (C=O) groups excluding carboxylic acids is 2. The molecule has 2 saturated heterocycles. The topological polar surface area (TPSA) is 49.9 Å². The molecule has 2 aliphatic heterocycles. The van der Waals surface area contributed by atoms with E-state index in [2.05, 4.69) is 0 Å². The van der Waals surface area contributed by atoms with Crippen molar-refractivity contribution in [2.24, 2.45) is 5.92 Å². The van der Waals surface area contributed by atoms with E-state index in [9.17, 15) is 9.59 Å². The van der Waals surface area contributed by atoms with E-state index in [1.165, 1.54) is 4.90 Å². The molecular formula is C21H19Cl3N2O3. The van der Waals surface area contributed by atoms with Crippen molar-refractivity contribution in [3.63, 3.8) is 0 Å². The molecule has 2 fully saturated rings. The zero-order valence-electron chi connectivity index (χ0n) is 15.6. The van der Waals surface area contributed by atoms with Gasteiger partial charge < -0.3 is 0 Å². The molecule has 0 saturated carbocycles. The van der Waals surface area contributed by atoms with Crippen LogP contribution < -0.4 is 5.06 Å². The molecule has 29 heavy (non-hydrogen) atoms. The fraction of sp³-hybridized carbons (Fsp3) is 0.333. The highest BCUT2D eigenvalue weighted by molar-refractivity contribution is 6.35. The van der Waals surface area contributed by atoms with E-state index in [0.29, 0.717) is 32.9 Å². The van der Waals surface area contributed by atoms with E-state index in [1.807, 2.05) is 6.92 Å². The van der Waals surface area contributed by atoms with Crippen molar-refractivity contribution >= 4 is 52.3 Å². The summed E-state index contributed by atoms with van der Waals surface area (Å²) in [6, 6.07) is 11.6. The summed E-state index contributed by atoms with van der Waals surface area (Å²) in [6.07, 6.45) is 0.757. The second-order valence-electron chi connectivity index (χ2n) is 7.15. The Morgan fingerprint density at radius 1 is 0.966 bits per heavy atom. The van der Waals surface area contributed by atoms with Gasteiger partial charge in [-0.25, -0.2) is 5.06 Å². The van der Waals surface area contributed by atoms with Crippen LogP contribution in [-0.2, 0) is 14.4 Å². The Morgan fingerprint density at radius 2 is 1.66 bits per heavy atom. The quantitative estimate of drug-likeness (QED) is 0.577. The lowest BCUT2D eigenvalue weighted by Gasteiger charge is -2.29. The number of hydrogen-bond acceptors (Lipinski definition) is 4. The minimum absolute atomic E-state index is 0.235. The van der Waals surface area contributed by atoms with Crippen molar-refractivity contribution in [3.8, 4) is 0 Å². The van der Waals surface area contributed by atoms with Crippen molar-refractivity contribution < 1.29 is 14.4 Å². The van der Waals surface area contributed by atoms with Gasteiger partial charge in [0, 0.05) is 21.6 Å². The first-order chi connectivity index (χ1) is 13.9. The Kier molecular flexibility index (Phi) is 5.76. The first-order valence-corrected chi connectivity index (χ1v) is 10.6. The van der Waals surface area contributed by atoms with E-state index in [-0.39, 0.29) is 11.8 Å². The number of anilines is 1. The SMILES string of the molecule is CCCCN1C(=O)[C@@H]2[C@H](ON(c3ccc(Cl)cc3)[C@H]2c2ccc(Cl)cc2Cl)C1=O. The summed E-state index contributed by atoms with van der Waals surface area (Å²) >= 11 is 18.6. The van der Waals surface area contributed by atoms with Crippen LogP contribution in [-0.4, -0.2) is 29.4 Å². The number of benzene rings is 2. The minimum atomic E-state index is -0.883. The van der Waals surface area contributed by atoms with Crippen molar-refractivity contribution in [1.29, 1.82) is 0 Å². The Bertz CT molecular complexity index is 951. The first kappa shape index (κ1) is 20.5. The van der Waals surface area contributed by atoms with Crippen molar-refractivity contribution in [2.75, 3.05) is 11.6 Å². The van der Waals surface area contributed by atoms with Gasteiger partial charge >= 0.3 is 0 Å². The van der Waals surface area contributed by atoms with Gasteiger partial charge in [0.2, 0.25) is 5.91 Å². The summed E-state index contributed by atoms with van der Waals surface area (Å²) in [6.45, 7) is 2.41. The molecule has 0 aromatic heterocycles. The highest BCUT2D eigenvalue weighted by Crippen LogP contribution is 2.48. The van der Waals surface area contributed by atoms with Crippen LogP contribution in [0.15, 0.2) is 42.5 Å². The van der Waals surface area contributed by atoms with E-state index in [1.54, 1.807) is 47.5 Å². The minimum Gasteiger partial charge on any atom is -0.280 e. The Balaban J connectivity index is 1.77. The number of halogens is 3. The normalized spacial score (nSPS) is 23.8. The van der Waals surface area contributed by atoms with Crippen LogP contribution in [0.2, 0.25) is 15.1 Å². The number of likely N-dealkylation sites (tertiary alicyclic amines) is 1. The predicted octanol–water partition coefficient (Wildman–Crippen LogP) is 5.29. The molecule has 2 heterocycles. The summed E-state index contributed by atoms with van der Waals surface area (Å²) in [5.74, 6) is -1.23. The number of hydroxylamine groups is 1. The van der Waals surface area contributed by atoms with E-state index >= 15 is 0 Å². The van der Waals surface area contributed by atoms with Gasteiger partial charge in [0.15, 0.2) is 6.10 Å². The number of hydrogen-bond donors (Lipinski definition) is 0. The van der Waals surface area contributed by atoms with Crippen LogP contribution in [0.3, 0.4) is 0 Å². The van der Waals surface area contributed by atoms with Gasteiger partial charge in [0.05, 0.1) is 11.7 Å². The molecule has 0 bridgehead atoms. The number of amides is 2. The van der Waals surface area contributed by atoms with Crippen LogP contribution in [0.4, 0.5) is 5.69 Å². The van der Waals surface area contributed by atoms with Crippen molar-refractivity contribution in [3.05, 3.63) is 63.1 Å². The largest absolute Gasteiger partial charge is 0.280 e. The smallest absolute Gasteiger partial charge is 0.261 e. The third kappa shape index (κ3) is 3.61. The number of imide groups is 1. The molecular weight excluding hydrogens is 435 g/mol. The highest BCUT2D eigenvalue weighted by Gasteiger charge is 2.59. The third-order valence-corrected chi connectivity index (χ3v) is 6.12. The van der Waals surface area contributed by atoms with Gasteiger partial charge in [-0.3, -0.25) is 19.3 Å². The van der Waals surface area contributed by atoms with Gasteiger partial charge in [-0.1, -0.05) is 54.2 Å². The molecule has 3 atom stereocenters. The maximum absolute atomic E-state index is 13.2. The molecule has 5 nitrogen and oxygen atoms in total. The first-order valence-electron chi connectivity index (χ1n) is 9.44. The molecule has 152 valence electrons. The van der Waals surface area contributed by atoms with Crippen LogP contribution in [0.25, 0.3) is 0 Å². The molecule has 2 aromatic carbocycles. The standard InChI is InChI=1S/C21H19Cl3N2O3/c1-2-3-10-25-20(27)17-18(15-9-6-13(23)11-16(15)24)26(29-19(17)21(25)28)14-7-4-12(22)5-8-14/h4-9,11,17-19H,2-3,10H2,1H3/t17-,18-,19-/m0/s1. The van der Waals surface area contributed by atoms with Crippen molar-refractivity contribution in [2.45, 2.75) is 31.9 Å². The van der Waals surface area contributed by atoms with E-state index in [4.69, 9.17) is 39.6 Å². The van der Waals surface area contributed by atoms with Gasteiger partial charge in [0.25, 0.3) is 5.91 Å². The van der Waals surface area contributed by atoms with Gasteiger partial charge in [-0.2, -0.15) is 0 Å². The molecule has 2 aliphatic rings. The Morgan fingerprint density at radius 3 is 2.31 bits per heavy atom. The van der Waals surface area contributed by atoms with Gasteiger partial charge in [-0.15, -0.1) is 0 Å². The Labute approximate surface area is 184 Å². The molecule has 0 radical (unpaired) electrons. The monoisotopic (exact) mass is 452 g/mol. The number of fused-ring (bicyclic) bond motifs is 1. The second-order valence-corrected chi connectivity index (χ2v) is 8.43. The number of unbranched alkanes of at least 4 members (excludes halogenated alkanes) is 1. The molecule has 0 unspecified atom stereocenters. The molecule has 4 rings (SSSR count). The summed E-state index contributed by atoms with van der Waals surface area (Å²) in [7, 11) is 0. The van der Waals surface area contributed by atoms with Gasteiger partial charge in [0.1, 0.15) is 5.92 Å². The maximum atomic E-state index is 13.2. The van der Waals surface area contributed by atoms with Crippen LogP contribution in [0.1, 0.15) is 31.4 Å². The van der Waals surface area contributed by atoms with Crippen LogP contribution >= 0.6 is 34.8 Å². The lowest BCUT2D eigenvalue weighted by molar-refractivity contribution is -0.143. The molecule has 2 aromatic rings. The molecule has 0 spiro atoms. The van der Waals surface area contributed by atoms with E-state index < -0.39 is 18.1 Å². The van der Waals surface area contributed by atoms with Gasteiger partial charge in [-0.05, 0) is 48.4 Å². The zero-order chi connectivity index (χ0) is 20.7. The number of nitrogens with zero attached hydrogens (tertiary/aromatic N) is 2. The molecule has 2 amide bonds. The fourth-order valence-corrected chi connectivity index (χ4v) is 4.52. The number of rotatable bonds is 5. The van der Waals surface area contributed by atoms with Crippen molar-refractivity contribution in [1.82, 2.24) is 4.90 Å². The van der Waals surface area contributed by atoms with Crippen LogP contribution in [0.5, 0.6) is 0 Å². The fourth-order valence-electron chi connectivity index (χ4n) is 3.88. The lowest BCUT2D eigenvalue weighted by Crippen LogP contribution is -2.37. The molecule has 8 heteroatoms. The van der Waals surface area contributed by atoms with Crippen LogP contribution in [0, 0.1) is 5.92 Å². The zero-order valence-corrected chi connectivity index (χ0v) is 17.9. The summed E-state index contributed by atoms with van der Waals surface area (Å²) in [5.41, 5.74) is 1.36. The third-order valence-electron chi connectivity index (χ3n) is 5.30. The summed E-state index contributed by atoms with van der Waals surface area (Å²) in [5, 5.41) is 3.07. The highest BCUT2D eigenvalue weighted by atomic mass is 35.5. The average molecular weight is 454 g/mol. The lowest BCUT2D eigenvalue weighted by atomic mass is 9.90. The predicted molar refractivity (Wildman–Crippen MR) is 113 cm³/mol. The number of carbonyl (C=O) groups is 2. The molecule has 0 aliphatic carbocycles. The summed E-state index contributed by atoms with van der Waals surface area (Å²) < 4.78 is 0. The molecule has 0 N–H and O–H groups in total. The van der Waals surface area contributed by atoms with E-state index in [0.717, 1.165) is 12.8 Å². The second kappa shape index (κ2) is 8.15. The Hall–Kier alpha value is -1.79. The maximum Gasteiger partial charge on any atom is 0.261 e.